The summed E-state index contributed by atoms with van der Waals surface area (Å²) in [5, 5.41) is 0. The van der Waals surface area contributed by atoms with Crippen molar-refractivity contribution >= 4 is 66.5 Å². The summed E-state index contributed by atoms with van der Waals surface area (Å²) >= 11 is 0. The highest BCUT2D eigenvalue weighted by atomic mass is 32.2. The highest BCUT2D eigenvalue weighted by Crippen LogP contribution is 2.14. The fourth-order valence-corrected chi connectivity index (χ4v) is 3.64. The van der Waals surface area contributed by atoms with Gasteiger partial charge in [0.05, 0.1) is 33.8 Å². The first kappa shape index (κ1) is 46.6. The molecule has 3 aromatic carbocycles. The van der Waals surface area contributed by atoms with Crippen LogP contribution < -0.4 is 24.7 Å². The Morgan fingerprint density at radius 2 is 1.02 bits per heavy atom. The second-order valence-electron chi connectivity index (χ2n) is 8.55. The van der Waals surface area contributed by atoms with E-state index in [9.17, 15) is 16.8 Å². The van der Waals surface area contributed by atoms with E-state index in [4.69, 9.17) is 19.9 Å². The Morgan fingerprint density at radius 3 is 1.29 bits per heavy atom. The molecule has 3 N–H and O–H groups in total. The maximum Gasteiger partial charge on any atom is 0.211 e. The number of nitrogens with zero attached hydrogens (tertiary/aromatic N) is 1. The van der Waals surface area contributed by atoms with Crippen LogP contribution in [0.1, 0.15) is 16.7 Å². The molecule has 0 fully saturated rings. The van der Waals surface area contributed by atoms with E-state index >= 15 is 0 Å². The average molecular weight is 647 g/mol. The van der Waals surface area contributed by atoms with Crippen molar-refractivity contribution in [2.24, 2.45) is 5.73 Å². The Bertz CT molecular complexity index is 1330. The minimum atomic E-state index is -3.12. The van der Waals surface area contributed by atoms with Gasteiger partial charge in [0.25, 0.3) is 0 Å². The Hall–Kier alpha value is -2.77. The van der Waals surface area contributed by atoms with Crippen molar-refractivity contribution in [3.8, 4) is 17.2 Å². The molecule has 0 saturated heterocycles. The van der Waals surface area contributed by atoms with Gasteiger partial charge in [-0.15, -0.1) is 0 Å². The SMILES string of the molecule is COc1ccc(CN(C)S(C)(=O)=O)cc1.COc1ccc(CN)cc1.COc1ccc(CNS(C)(=O)=O)cc1.[B].[B][B].[B][B][B]. The van der Waals surface area contributed by atoms with Crippen LogP contribution in [0.4, 0.5) is 0 Å². The molecule has 0 aliphatic carbocycles. The molecule has 0 saturated carbocycles. The van der Waals surface area contributed by atoms with Crippen molar-refractivity contribution in [3.05, 3.63) is 89.5 Å². The molecule has 3 aromatic rings. The van der Waals surface area contributed by atoms with E-state index in [1.807, 2.05) is 60.7 Å². The number of hydrogen-bond acceptors (Lipinski definition) is 8. The van der Waals surface area contributed by atoms with Gasteiger partial charge < -0.3 is 19.9 Å². The molecule has 0 amide bonds. The third-order valence-electron chi connectivity index (χ3n) is 5.22. The smallest absolute Gasteiger partial charge is 0.211 e. The van der Waals surface area contributed by atoms with Gasteiger partial charge in [0, 0.05) is 73.1 Å². The lowest BCUT2D eigenvalue weighted by Gasteiger charge is -2.13. The fourth-order valence-electron chi connectivity index (χ4n) is 2.82. The van der Waals surface area contributed by atoms with Crippen molar-refractivity contribution in [2.75, 3.05) is 40.9 Å². The average Bonchev–Trinajstić information content (AvgIpc) is 3.02. The molecule has 0 unspecified atom stereocenters. The monoisotopic (exact) mass is 647 g/mol. The first-order chi connectivity index (χ1) is 20.7. The fraction of sp³-hybridized carbons (Fsp3) is 0.333. The Labute approximate surface area is 278 Å². The lowest BCUT2D eigenvalue weighted by Crippen LogP contribution is -2.24. The Kier molecular flexibility index (Phi) is 27.4. The van der Waals surface area contributed by atoms with Gasteiger partial charge in [-0.1, -0.05) is 36.4 Å². The number of hydrogen-bond donors (Lipinski definition) is 2. The summed E-state index contributed by atoms with van der Waals surface area (Å²) in [5.74, 6) is 2.39. The van der Waals surface area contributed by atoms with Gasteiger partial charge in [-0.3, -0.25) is 0 Å². The van der Waals surface area contributed by atoms with Crippen LogP contribution in [0.3, 0.4) is 0 Å². The maximum atomic E-state index is 11.2. The van der Waals surface area contributed by atoms with Crippen molar-refractivity contribution in [3.63, 3.8) is 0 Å². The molecule has 0 aliphatic heterocycles. The molecule has 0 atom stereocenters. The van der Waals surface area contributed by atoms with Gasteiger partial charge in [-0.25, -0.2) is 25.9 Å². The van der Waals surface area contributed by atoms with Crippen molar-refractivity contribution in [1.29, 1.82) is 0 Å². The summed E-state index contributed by atoms with van der Waals surface area (Å²) in [4.78, 5) is 0. The van der Waals surface area contributed by atoms with E-state index in [0.29, 0.717) is 19.6 Å². The minimum absolute atomic E-state index is 0. The standard InChI is InChI=1S/C10H15NO3S.C9H13NO3S.C8H11NO.B3.B2.B/c1-11(15(3,12)13)8-9-4-6-10(14-2)7-5-9;1-13-9-5-3-8(4-6-9)7-10-14(2,11)12;1-10-8-4-2-7(6-9)3-5-8;1-3-2;1-2;/h4-7H,8H2,1-3H3;3-6,10H,7H2,1-2H3;2-5H,6,9H2,1H3;;;. The third-order valence-corrected chi connectivity index (χ3v) is 7.15. The lowest BCUT2D eigenvalue weighted by atomic mass is 9.40. The summed E-state index contributed by atoms with van der Waals surface area (Å²) in [5.41, 5.74) is 8.36. The van der Waals surface area contributed by atoms with Crippen LogP contribution in [0, 0.1) is 0 Å². The lowest BCUT2D eigenvalue weighted by molar-refractivity contribution is 0.414. The van der Waals surface area contributed by atoms with Crippen LogP contribution >= 0.6 is 0 Å². The highest BCUT2D eigenvalue weighted by Gasteiger charge is 2.10. The first-order valence-corrected chi connectivity index (χ1v) is 16.5. The summed E-state index contributed by atoms with van der Waals surface area (Å²) in [6.07, 6.45) is 2.33. The van der Waals surface area contributed by atoms with E-state index in [1.165, 1.54) is 10.6 Å². The van der Waals surface area contributed by atoms with Crippen LogP contribution in [0.15, 0.2) is 72.8 Å². The Morgan fingerprint density at radius 1 is 0.711 bits per heavy atom. The summed E-state index contributed by atoms with van der Waals surface area (Å²) in [6, 6.07) is 22.3. The van der Waals surface area contributed by atoms with Gasteiger partial charge in [-0.2, -0.15) is 0 Å². The quantitative estimate of drug-likeness (QED) is 0.308. The van der Waals surface area contributed by atoms with Crippen LogP contribution in [-0.4, -0.2) is 108 Å². The number of ether oxygens (including phenoxy) is 3. The molecule has 10 nitrogen and oxygen atoms in total. The summed E-state index contributed by atoms with van der Waals surface area (Å²) in [6.45, 7) is 1.27. The van der Waals surface area contributed by atoms with E-state index in [1.54, 1.807) is 40.5 Å². The van der Waals surface area contributed by atoms with Gasteiger partial charge in [0.1, 0.15) is 17.2 Å². The topological polar surface area (TPSA) is 137 Å². The number of benzene rings is 3. The van der Waals surface area contributed by atoms with Crippen molar-refractivity contribution in [2.45, 2.75) is 19.6 Å². The predicted molar refractivity (Wildman–Crippen MR) is 189 cm³/mol. The second kappa shape index (κ2) is 26.4. The molecule has 0 aromatic heterocycles. The number of sulfonamides is 2. The van der Waals surface area contributed by atoms with Gasteiger partial charge in [0.2, 0.25) is 20.0 Å². The molecular weight excluding hydrogens is 607 g/mol. The molecule has 0 heterocycles. The normalized spacial score (nSPS) is 9.87. The van der Waals surface area contributed by atoms with Crippen LogP contribution in [0.5, 0.6) is 17.2 Å². The molecule has 0 spiro atoms. The maximum absolute atomic E-state index is 11.2. The van der Waals surface area contributed by atoms with Crippen molar-refractivity contribution < 1.29 is 31.0 Å². The molecule has 45 heavy (non-hydrogen) atoms. The van der Waals surface area contributed by atoms with E-state index < -0.39 is 20.0 Å². The molecule has 12 radical (unpaired) electrons. The summed E-state index contributed by atoms with van der Waals surface area (Å²) in [7, 11) is 18.2. The second-order valence-corrected chi connectivity index (χ2v) is 12.5. The zero-order valence-electron chi connectivity index (χ0n) is 26.7. The largest absolute Gasteiger partial charge is 0.497 e. The molecule has 0 aliphatic rings. The van der Waals surface area contributed by atoms with E-state index in [2.05, 4.69) is 35.7 Å². The van der Waals surface area contributed by atoms with Crippen LogP contribution in [-0.2, 0) is 39.7 Å². The Balaban J connectivity index is -0.000000549. The number of nitrogens with two attached hydrogens (primary N) is 1. The summed E-state index contributed by atoms with van der Waals surface area (Å²) < 4.78 is 62.6. The zero-order valence-corrected chi connectivity index (χ0v) is 28.3. The highest BCUT2D eigenvalue weighted by molar-refractivity contribution is 7.88. The number of rotatable bonds is 10. The number of methoxy groups -OCH3 is 3. The molecule has 18 heteroatoms. The van der Waals surface area contributed by atoms with Crippen LogP contribution in [0.25, 0.3) is 0 Å². The predicted octanol–water partition coefficient (Wildman–Crippen LogP) is 0.700. The van der Waals surface area contributed by atoms with E-state index in [-0.39, 0.29) is 8.41 Å². The van der Waals surface area contributed by atoms with Gasteiger partial charge in [-0.05, 0) is 53.1 Å². The van der Waals surface area contributed by atoms with Crippen molar-refractivity contribution in [1.82, 2.24) is 9.03 Å². The van der Waals surface area contributed by atoms with Gasteiger partial charge in [0.15, 0.2) is 0 Å². The van der Waals surface area contributed by atoms with E-state index in [0.717, 1.165) is 47.3 Å². The molecular formula is C27H39B6N3O7S2. The number of nitrogens with one attached hydrogen (secondary N) is 1. The van der Waals surface area contributed by atoms with Gasteiger partial charge >= 0.3 is 0 Å². The minimum Gasteiger partial charge on any atom is -0.497 e. The zero-order chi connectivity index (χ0) is 34.2. The van der Waals surface area contributed by atoms with Crippen LogP contribution in [0.2, 0.25) is 0 Å². The molecule has 234 valence electrons. The first-order valence-electron chi connectivity index (χ1n) is 12.8. The molecule has 3 rings (SSSR count). The third kappa shape index (κ3) is 24.2. The molecule has 0 bridgehead atoms.